The van der Waals surface area contributed by atoms with Crippen LogP contribution in [-0.4, -0.2) is 53.3 Å². The van der Waals surface area contributed by atoms with Gasteiger partial charge in [0, 0.05) is 38.7 Å². The summed E-state index contributed by atoms with van der Waals surface area (Å²) in [6.45, 7) is 0.738. The largest absolute Gasteiger partial charge is 0.396 e. The average Bonchev–Trinajstić information content (AvgIpc) is 2.47. The van der Waals surface area contributed by atoms with Crippen LogP contribution in [0.2, 0.25) is 0 Å². The Morgan fingerprint density at radius 2 is 1.40 bits per heavy atom. The molecule has 0 bridgehead atoms. The van der Waals surface area contributed by atoms with Crippen molar-refractivity contribution in [3.8, 4) is 0 Å². The van der Waals surface area contributed by atoms with E-state index in [1.165, 1.54) is 18.5 Å². The molecule has 1 aromatic heterocycles. The van der Waals surface area contributed by atoms with Crippen molar-refractivity contribution >= 4 is 11.8 Å². The molecule has 0 unspecified atom stereocenters. The highest BCUT2D eigenvalue weighted by molar-refractivity contribution is 5.99. The first-order chi connectivity index (χ1) is 9.69. The molecular weight excluding hydrogens is 262 g/mol. The van der Waals surface area contributed by atoms with E-state index >= 15 is 0 Å². The number of rotatable bonds is 8. The molecule has 1 aromatic rings. The van der Waals surface area contributed by atoms with Crippen molar-refractivity contribution in [2.24, 2.45) is 0 Å². The highest BCUT2D eigenvalue weighted by atomic mass is 16.3. The van der Waals surface area contributed by atoms with Crippen LogP contribution in [0.5, 0.6) is 0 Å². The highest BCUT2D eigenvalue weighted by Gasteiger charge is 2.10. The van der Waals surface area contributed by atoms with E-state index in [9.17, 15) is 9.59 Å². The Morgan fingerprint density at radius 1 is 0.950 bits per heavy atom. The molecule has 1 rings (SSSR count). The lowest BCUT2D eigenvalue weighted by Crippen LogP contribution is -2.27. The minimum absolute atomic E-state index is 0.00579. The van der Waals surface area contributed by atoms with Crippen molar-refractivity contribution in [1.82, 2.24) is 15.6 Å². The molecule has 7 heteroatoms. The fourth-order valence-corrected chi connectivity index (χ4v) is 1.45. The minimum atomic E-state index is -0.337. The van der Waals surface area contributed by atoms with Crippen LogP contribution in [0.25, 0.3) is 0 Å². The summed E-state index contributed by atoms with van der Waals surface area (Å²) >= 11 is 0. The van der Waals surface area contributed by atoms with E-state index in [1.54, 1.807) is 0 Å². The number of pyridine rings is 1. The van der Waals surface area contributed by atoms with Crippen LogP contribution in [-0.2, 0) is 0 Å². The van der Waals surface area contributed by atoms with Crippen molar-refractivity contribution in [2.75, 3.05) is 26.3 Å². The molecule has 0 saturated heterocycles. The molecule has 0 saturated carbocycles. The van der Waals surface area contributed by atoms with Gasteiger partial charge in [0.05, 0.1) is 11.1 Å². The van der Waals surface area contributed by atoms with E-state index in [2.05, 4.69) is 15.6 Å². The first-order valence-corrected chi connectivity index (χ1v) is 6.42. The van der Waals surface area contributed by atoms with Gasteiger partial charge in [0.2, 0.25) is 0 Å². The fraction of sp³-hybridized carbons (Fsp3) is 0.462. The van der Waals surface area contributed by atoms with Gasteiger partial charge in [-0.05, 0) is 18.9 Å². The maximum Gasteiger partial charge on any atom is 0.252 e. The summed E-state index contributed by atoms with van der Waals surface area (Å²) < 4.78 is 0. The monoisotopic (exact) mass is 281 g/mol. The summed E-state index contributed by atoms with van der Waals surface area (Å²) in [5.41, 5.74) is 0.579. The molecule has 0 aromatic carbocycles. The zero-order valence-corrected chi connectivity index (χ0v) is 11.1. The summed E-state index contributed by atoms with van der Waals surface area (Å²) in [5, 5.41) is 22.5. The molecular formula is C13H19N3O4. The quantitative estimate of drug-likeness (QED) is 0.471. The van der Waals surface area contributed by atoms with Crippen molar-refractivity contribution in [3.63, 3.8) is 0 Å². The predicted octanol–water partition coefficient (Wildman–Crippen LogP) is -0.694. The number of aromatic nitrogens is 1. The number of hydrogen-bond acceptors (Lipinski definition) is 5. The van der Waals surface area contributed by atoms with Crippen molar-refractivity contribution in [3.05, 3.63) is 29.6 Å². The Morgan fingerprint density at radius 3 is 1.80 bits per heavy atom. The maximum absolute atomic E-state index is 11.8. The van der Waals surface area contributed by atoms with Crippen LogP contribution in [0.1, 0.15) is 33.6 Å². The van der Waals surface area contributed by atoms with Crippen LogP contribution >= 0.6 is 0 Å². The molecule has 110 valence electrons. The number of carbonyl (C=O) groups is 2. The molecule has 0 spiro atoms. The van der Waals surface area contributed by atoms with Gasteiger partial charge in [0.25, 0.3) is 11.8 Å². The van der Waals surface area contributed by atoms with Crippen LogP contribution in [0.4, 0.5) is 0 Å². The number of nitrogens with one attached hydrogen (secondary N) is 2. The topological polar surface area (TPSA) is 112 Å². The second kappa shape index (κ2) is 9.00. The average molecular weight is 281 g/mol. The molecule has 4 N–H and O–H groups in total. The molecule has 2 amide bonds. The fourth-order valence-electron chi connectivity index (χ4n) is 1.45. The summed E-state index contributed by atoms with van der Waals surface area (Å²) in [6.07, 6.45) is 3.69. The molecule has 0 aliphatic carbocycles. The van der Waals surface area contributed by atoms with Crippen molar-refractivity contribution in [2.45, 2.75) is 12.8 Å². The molecule has 1 heterocycles. The first kappa shape index (κ1) is 16.1. The molecule has 0 fully saturated rings. The third kappa shape index (κ3) is 5.33. The molecule has 20 heavy (non-hydrogen) atoms. The summed E-state index contributed by atoms with van der Waals surface area (Å²) in [7, 11) is 0. The third-order valence-electron chi connectivity index (χ3n) is 2.50. The van der Waals surface area contributed by atoms with E-state index < -0.39 is 0 Å². The van der Waals surface area contributed by atoms with Gasteiger partial charge in [-0.2, -0.15) is 0 Å². The van der Waals surface area contributed by atoms with E-state index in [4.69, 9.17) is 10.2 Å². The molecule has 0 atom stereocenters. The van der Waals surface area contributed by atoms with Gasteiger partial charge in [-0.1, -0.05) is 0 Å². The zero-order valence-electron chi connectivity index (χ0n) is 11.1. The summed E-state index contributed by atoms with van der Waals surface area (Å²) in [5.74, 6) is -0.674. The van der Waals surface area contributed by atoms with Gasteiger partial charge in [-0.25, -0.2) is 0 Å². The van der Waals surface area contributed by atoms with Gasteiger partial charge in [-0.3, -0.25) is 14.6 Å². The number of amides is 2. The van der Waals surface area contributed by atoms with Crippen LogP contribution in [0, 0.1) is 0 Å². The Hall–Kier alpha value is -1.99. The van der Waals surface area contributed by atoms with Crippen LogP contribution in [0.15, 0.2) is 18.5 Å². The highest BCUT2D eigenvalue weighted by Crippen LogP contribution is 2.03. The van der Waals surface area contributed by atoms with Crippen LogP contribution < -0.4 is 10.6 Å². The van der Waals surface area contributed by atoms with E-state index in [0.29, 0.717) is 25.9 Å². The number of aliphatic hydroxyl groups is 2. The zero-order chi connectivity index (χ0) is 14.8. The van der Waals surface area contributed by atoms with Gasteiger partial charge in [-0.15, -0.1) is 0 Å². The Labute approximate surface area is 117 Å². The van der Waals surface area contributed by atoms with E-state index in [1.807, 2.05) is 0 Å². The minimum Gasteiger partial charge on any atom is -0.396 e. The Balaban J connectivity index is 2.60. The number of hydrogen-bond donors (Lipinski definition) is 4. The lowest BCUT2D eigenvalue weighted by atomic mass is 10.2. The van der Waals surface area contributed by atoms with Gasteiger partial charge < -0.3 is 20.8 Å². The van der Waals surface area contributed by atoms with Crippen molar-refractivity contribution in [1.29, 1.82) is 0 Å². The first-order valence-electron chi connectivity index (χ1n) is 6.42. The lowest BCUT2D eigenvalue weighted by Gasteiger charge is -2.06. The second-order valence-electron chi connectivity index (χ2n) is 4.13. The summed E-state index contributed by atoms with van der Waals surface area (Å²) in [6, 6.07) is 1.45. The van der Waals surface area contributed by atoms with Crippen LogP contribution in [0.3, 0.4) is 0 Å². The Kier molecular flexibility index (Phi) is 7.23. The number of aliphatic hydroxyl groups excluding tert-OH is 2. The standard InChI is InChI=1S/C13H19N3O4/c17-5-1-3-15-12(19)10-7-11(9-14-8-10)13(20)16-4-2-6-18/h7-9,17-18H,1-6H2,(H,15,19)(H,16,20). The van der Waals surface area contributed by atoms with E-state index in [-0.39, 0.29) is 36.2 Å². The number of carbonyl (C=O) groups excluding carboxylic acids is 2. The number of nitrogens with zero attached hydrogens (tertiary/aromatic N) is 1. The van der Waals surface area contributed by atoms with Gasteiger partial charge in [0.15, 0.2) is 0 Å². The second-order valence-corrected chi connectivity index (χ2v) is 4.13. The van der Waals surface area contributed by atoms with E-state index in [0.717, 1.165) is 0 Å². The lowest BCUT2D eigenvalue weighted by molar-refractivity contribution is 0.0950. The molecule has 0 radical (unpaired) electrons. The predicted molar refractivity (Wildman–Crippen MR) is 72.3 cm³/mol. The molecule has 0 aliphatic heterocycles. The summed E-state index contributed by atoms with van der Waals surface area (Å²) in [4.78, 5) is 27.4. The van der Waals surface area contributed by atoms with Gasteiger partial charge in [0.1, 0.15) is 0 Å². The smallest absolute Gasteiger partial charge is 0.252 e. The van der Waals surface area contributed by atoms with Gasteiger partial charge >= 0.3 is 0 Å². The molecule has 0 aliphatic rings. The Bertz CT molecular complexity index is 414. The SMILES string of the molecule is O=C(NCCCO)c1cncc(C(=O)NCCCO)c1. The third-order valence-corrected chi connectivity index (χ3v) is 2.50. The maximum atomic E-state index is 11.8. The normalized spacial score (nSPS) is 10.1. The molecule has 7 nitrogen and oxygen atoms in total. The van der Waals surface area contributed by atoms with Crippen molar-refractivity contribution < 1.29 is 19.8 Å².